The summed E-state index contributed by atoms with van der Waals surface area (Å²) < 4.78 is 5.07. The van der Waals surface area contributed by atoms with Crippen LogP contribution in [0, 0.1) is 0 Å². The summed E-state index contributed by atoms with van der Waals surface area (Å²) in [6.07, 6.45) is 0. The average molecular weight is 193 g/mol. The van der Waals surface area contributed by atoms with Gasteiger partial charge in [-0.25, -0.2) is 0 Å². The van der Waals surface area contributed by atoms with Gasteiger partial charge in [0, 0.05) is 12.6 Å². The lowest BCUT2D eigenvalue weighted by Gasteiger charge is -2.33. The van der Waals surface area contributed by atoms with Crippen LogP contribution in [0.1, 0.15) is 13.8 Å². The molecule has 0 saturated heterocycles. The van der Waals surface area contributed by atoms with Crippen LogP contribution in [0.15, 0.2) is 12.1 Å². The molecule has 0 fully saturated rings. The van der Waals surface area contributed by atoms with Gasteiger partial charge in [0.25, 0.3) is 0 Å². The molecule has 4 heteroatoms. The molecule has 0 aromatic carbocycles. The first-order chi connectivity index (χ1) is 6.61. The van der Waals surface area contributed by atoms with Crippen LogP contribution >= 0.6 is 0 Å². The second-order valence-electron chi connectivity index (χ2n) is 4.11. The molecule has 0 bridgehead atoms. The van der Waals surface area contributed by atoms with E-state index in [0.717, 1.165) is 18.1 Å². The maximum absolute atomic E-state index is 5.07. The van der Waals surface area contributed by atoms with Gasteiger partial charge in [-0.05, 0) is 19.9 Å². The number of fused-ring (bicyclic) bond motifs is 1. The molecule has 1 aromatic heterocycles. The third kappa shape index (κ3) is 1.60. The fourth-order valence-electron chi connectivity index (χ4n) is 1.47. The number of aromatic nitrogens is 1. The van der Waals surface area contributed by atoms with Gasteiger partial charge in [0.05, 0.1) is 18.3 Å². The highest BCUT2D eigenvalue weighted by Crippen LogP contribution is 2.29. The zero-order chi connectivity index (χ0) is 10.2. The molecule has 0 amide bonds. The predicted octanol–water partition coefficient (Wildman–Crippen LogP) is 1.71. The third-order valence-corrected chi connectivity index (χ3v) is 2.26. The van der Waals surface area contributed by atoms with Crippen LogP contribution in [0.3, 0.4) is 0 Å². The quantitative estimate of drug-likeness (QED) is 0.712. The summed E-state index contributed by atoms with van der Waals surface area (Å²) in [5.41, 5.74) is 1.07. The number of pyridine rings is 1. The molecule has 2 rings (SSSR count). The maximum atomic E-state index is 5.07. The van der Waals surface area contributed by atoms with E-state index in [1.54, 1.807) is 7.11 Å². The summed E-state index contributed by atoms with van der Waals surface area (Å²) in [5.74, 6) is 1.50. The van der Waals surface area contributed by atoms with Gasteiger partial charge in [-0.1, -0.05) is 0 Å². The molecule has 14 heavy (non-hydrogen) atoms. The van der Waals surface area contributed by atoms with Crippen molar-refractivity contribution in [3.8, 4) is 5.88 Å². The minimum absolute atomic E-state index is 0.0341. The van der Waals surface area contributed by atoms with E-state index >= 15 is 0 Å². The minimum atomic E-state index is 0.0341. The van der Waals surface area contributed by atoms with Gasteiger partial charge in [-0.15, -0.1) is 0 Å². The van der Waals surface area contributed by atoms with Crippen molar-refractivity contribution in [2.75, 3.05) is 24.3 Å². The van der Waals surface area contributed by atoms with Crippen LogP contribution in [0.5, 0.6) is 5.88 Å². The number of methoxy groups -OCH3 is 1. The molecular formula is C10H15N3O. The Labute approximate surface area is 83.7 Å². The number of nitrogens with zero attached hydrogens (tertiary/aromatic N) is 1. The van der Waals surface area contributed by atoms with E-state index < -0.39 is 0 Å². The smallest absolute Gasteiger partial charge is 0.215 e. The average Bonchev–Trinajstić information content (AvgIpc) is 2.15. The van der Waals surface area contributed by atoms with E-state index in [-0.39, 0.29) is 5.54 Å². The zero-order valence-corrected chi connectivity index (χ0v) is 8.72. The number of hydrogen-bond acceptors (Lipinski definition) is 4. The van der Waals surface area contributed by atoms with Crippen molar-refractivity contribution in [2.24, 2.45) is 0 Å². The van der Waals surface area contributed by atoms with Crippen LogP contribution in [-0.4, -0.2) is 24.2 Å². The van der Waals surface area contributed by atoms with Crippen molar-refractivity contribution < 1.29 is 4.74 Å². The Balaban J connectivity index is 2.34. The lowest BCUT2D eigenvalue weighted by atomic mass is 10.0. The van der Waals surface area contributed by atoms with Crippen LogP contribution < -0.4 is 15.4 Å². The molecule has 1 aromatic rings. The molecule has 0 radical (unpaired) electrons. The van der Waals surface area contributed by atoms with Crippen molar-refractivity contribution >= 4 is 11.5 Å². The van der Waals surface area contributed by atoms with E-state index in [1.807, 2.05) is 12.1 Å². The number of anilines is 2. The number of ether oxygens (including phenoxy) is 1. The summed E-state index contributed by atoms with van der Waals surface area (Å²) in [7, 11) is 1.62. The van der Waals surface area contributed by atoms with Gasteiger partial charge in [0.2, 0.25) is 5.88 Å². The molecule has 0 aliphatic carbocycles. The number of nitrogens with one attached hydrogen (secondary N) is 2. The molecule has 2 heterocycles. The van der Waals surface area contributed by atoms with Crippen molar-refractivity contribution in [3.05, 3.63) is 12.1 Å². The Morgan fingerprint density at radius 1 is 1.43 bits per heavy atom. The molecular weight excluding hydrogens is 178 g/mol. The van der Waals surface area contributed by atoms with Gasteiger partial charge in [-0.2, -0.15) is 4.98 Å². The summed E-state index contributed by atoms with van der Waals surface area (Å²) in [6, 6.07) is 3.83. The molecule has 0 saturated carbocycles. The normalized spacial score (nSPS) is 17.6. The molecule has 76 valence electrons. The number of hydrogen-bond donors (Lipinski definition) is 2. The molecule has 0 unspecified atom stereocenters. The molecule has 4 nitrogen and oxygen atoms in total. The van der Waals surface area contributed by atoms with E-state index in [0.29, 0.717) is 5.88 Å². The lowest BCUT2D eigenvalue weighted by molar-refractivity contribution is 0.398. The first-order valence-electron chi connectivity index (χ1n) is 4.68. The van der Waals surface area contributed by atoms with Crippen LogP contribution in [-0.2, 0) is 0 Å². The Hall–Kier alpha value is -1.45. The summed E-state index contributed by atoms with van der Waals surface area (Å²) in [4.78, 5) is 4.33. The van der Waals surface area contributed by atoms with Crippen LogP contribution in [0.2, 0.25) is 0 Å². The van der Waals surface area contributed by atoms with Gasteiger partial charge < -0.3 is 15.4 Å². The van der Waals surface area contributed by atoms with E-state index in [2.05, 4.69) is 29.5 Å². The fraction of sp³-hybridized carbons (Fsp3) is 0.500. The van der Waals surface area contributed by atoms with E-state index in [1.165, 1.54) is 0 Å². The third-order valence-electron chi connectivity index (χ3n) is 2.26. The van der Waals surface area contributed by atoms with Gasteiger partial charge >= 0.3 is 0 Å². The van der Waals surface area contributed by atoms with E-state index in [9.17, 15) is 0 Å². The van der Waals surface area contributed by atoms with Crippen molar-refractivity contribution in [3.63, 3.8) is 0 Å². The number of rotatable bonds is 1. The second-order valence-corrected chi connectivity index (χ2v) is 4.11. The summed E-state index contributed by atoms with van der Waals surface area (Å²) >= 11 is 0. The van der Waals surface area contributed by atoms with Gasteiger partial charge in [0.1, 0.15) is 0 Å². The molecule has 1 aliphatic heterocycles. The highest BCUT2D eigenvalue weighted by Gasteiger charge is 2.24. The van der Waals surface area contributed by atoms with Crippen LogP contribution in [0.25, 0.3) is 0 Å². The zero-order valence-electron chi connectivity index (χ0n) is 8.72. The van der Waals surface area contributed by atoms with Gasteiger partial charge in [0.15, 0.2) is 5.82 Å². The van der Waals surface area contributed by atoms with Gasteiger partial charge in [-0.3, -0.25) is 0 Å². The Morgan fingerprint density at radius 2 is 2.21 bits per heavy atom. The minimum Gasteiger partial charge on any atom is -0.481 e. The first-order valence-corrected chi connectivity index (χ1v) is 4.68. The highest BCUT2D eigenvalue weighted by molar-refractivity contribution is 5.68. The Morgan fingerprint density at radius 3 is 2.93 bits per heavy atom. The molecule has 0 spiro atoms. The van der Waals surface area contributed by atoms with Crippen molar-refractivity contribution in [1.82, 2.24) is 4.98 Å². The second kappa shape index (κ2) is 3.04. The Bertz CT molecular complexity index is 349. The van der Waals surface area contributed by atoms with E-state index in [4.69, 9.17) is 4.74 Å². The first kappa shape index (κ1) is 9.12. The fourth-order valence-corrected chi connectivity index (χ4v) is 1.47. The summed E-state index contributed by atoms with van der Waals surface area (Å²) in [5, 5.41) is 6.68. The van der Waals surface area contributed by atoms with Crippen LogP contribution in [0.4, 0.5) is 11.5 Å². The highest BCUT2D eigenvalue weighted by atomic mass is 16.5. The van der Waals surface area contributed by atoms with Crippen molar-refractivity contribution in [2.45, 2.75) is 19.4 Å². The lowest BCUT2D eigenvalue weighted by Crippen LogP contribution is -2.42. The standard InChI is InChI=1S/C10H15N3O/c1-10(2)6-11-7-4-5-8(14-3)12-9(7)13-10/h4-5,11H,6H2,1-3H3,(H,12,13). The SMILES string of the molecule is COc1ccc2c(n1)NC(C)(C)CN2. The monoisotopic (exact) mass is 193 g/mol. The predicted molar refractivity (Wildman–Crippen MR) is 57.0 cm³/mol. The largest absolute Gasteiger partial charge is 0.481 e. The maximum Gasteiger partial charge on any atom is 0.215 e. The molecule has 2 N–H and O–H groups in total. The molecule has 0 atom stereocenters. The molecule has 1 aliphatic rings. The topological polar surface area (TPSA) is 46.2 Å². The Kier molecular flexibility index (Phi) is 1.98. The van der Waals surface area contributed by atoms with Crippen molar-refractivity contribution in [1.29, 1.82) is 0 Å². The summed E-state index contributed by atoms with van der Waals surface area (Å²) in [6.45, 7) is 5.15.